The lowest BCUT2D eigenvalue weighted by Gasteiger charge is -2.28. The Bertz CT molecular complexity index is 621. The summed E-state index contributed by atoms with van der Waals surface area (Å²) in [6, 6.07) is 8.12. The molecule has 1 amide bonds. The van der Waals surface area contributed by atoms with Gasteiger partial charge in [-0.25, -0.2) is 0 Å². The first-order valence-electron chi connectivity index (χ1n) is 10.1. The van der Waals surface area contributed by atoms with Gasteiger partial charge in [0, 0.05) is 32.1 Å². The highest BCUT2D eigenvalue weighted by Crippen LogP contribution is 2.21. The summed E-state index contributed by atoms with van der Waals surface area (Å²) in [7, 11) is 1.67. The lowest BCUT2D eigenvalue weighted by atomic mass is 9.97. The standard InChI is InChI=1S/C22H32N2O3/c1-26-21-9-7-19(8-10-21)16-24(13-11-18-5-3-2-4-6-18)22(25)15-20-17-27-14-12-23-20/h5,7-10,20,23H,2-4,6,11-17H2,1H3/t20-/m0/s1. The summed E-state index contributed by atoms with van der Waals surface area (Å²) >= 11 is 0. The topological polar surface area (TPSA) is 50.8 Å². The van der Waals surface area contributed by atoms with Crippen LogP contribution in [-0.2, 0) is 16.1 Å². The number of ether oxygens (including phenoxy) is 2. The van der Waals surface area contributed by atoms with Gasteiger partial charge in [-0.2, -0.15) is 0 Å². The molecule has 1 aromatic carbocycles. The van der Waals surface area contributed by atoms with E-state index in [2.05, 4.69) is 11.4 Å². The lowest BCUT2D eigenvalue weighted by molar-refractivity contribution is -0.133. The van der Waals surface area contributed by atoms with Crippen LogP contribution in [0.25, 0.3) is 0 Å². The first kappa shape index (κ1) is 19.9. The maximum Gasteiger partial charge on any atom is 0.224 e. The summed E-state index contributed by atoms with van der Waals surface area (Å²) in [5.74, 6) is 1.04. The van der Waals surface area contributed by atoms with E-state index in [9.17, 15) is 4.79 Å². The number of methoxy groups -OCH3 is 1. The first-order chi connectivity index (χ1) is 13.2. The maximum absolute atomic E-state index is 13.0. The summed E-state index contributed by atoms with van der Waals surface area (Å²) in [4.78, 5) is 15.0. The molecule has 0 radical (unpaired) electrons. The Morgan fingerprint density at radius 1 is 1.30 bits per heavy atom. The van der Waals surface area contributed by atoms with Crippen molar-refractivity contribution in [1.29, 1.82) is 0 Å². The van der Waals surface area contributed by atoms with Gasteiger partial charge < -0.3 is 19.7 Å². The van der Waals surface area contributed by atoms with Gasteiger partial charge in [0.1, 0.15) is 5.75 Å². The molecule has 1 aliphatic carbocycles. The molecule has 0 saturated carbocycles. The van der Waals surface area contributed by atoms with E-state index >= 15 is 0 Å². The van der Waals surface area contributed by atoms with Gasteiger partial charge in [0.2, 0.25) is 5.91 Å². The van der Waals surface area contributed by atoms with Crippen LogP contribution in [0.1, 0.15) is 44.1 Å². The number of hydrogen-bond donors (Lipinski definition) is 1. The van der Waals surface area contributed by atoms with Gasteiger partial charge >= 0.3 is 0 Å². The smallest absolute Gasteiger partial charge is 0.224 e. The van der Waals surface area contributed by atoms with Crippen LogP contribution in [0, 0.1) is 0 Å². The highest BCUT2D eigenvalue weighted by Gasteiger charge is 2.21. The molecule has 5 nitrogen and oxygen atoms in total. The summed E-state index contributed by atoms with van der Waals surface area (Å²) in [6.45, 7) is 3.60. The molecule has 148 valence electrons. The van der Waals surface area contributed by atoms with Crippen LogP contribution >= 0.6 is 0 Å². The van der Waals surface area contributed by atoms with Crippen LogP contribution in [-0.4, -0.2) is 50.3 Å². The fourth-order valence-electron chi connectivity index (χ4n) is 3.74. The fraction of sp³-hybridized carbons (Fsp3) is 0.591. The van der Waals surface area contributed by atoms with E-state index < -0.39 is 0 Å². The van der Waals surface area contributed by atoms with Crippen LogP contribution < -0.4 is 10.1 Å². The second kappa shape index (κ2) is 10.5. The monoisotopic (exact) mass is 372 g/mol. The summed E-state index contributed by atoms with van der Waals surface area (Å²) in [5, 5.41) is 3.39. The molecular formula is C22H32N2O3. The average Bonchev–Trinajstić information content (AvgIpc) is 2.73. The minimum atomic E-state index is 0.124. The van der Waals surface area contributed by atoms with Gasteiger partial charge in [0.15, 0.2) is 0 Å². The second-order valence-electron chi connectivity index (χ2n) is 7.45. The number of benzene rings is 1. The van der Waals surface area contributed by atoms with Crippen molar-refractivity contribution in [2.75, 3.05) is 33.4 Å². The van der Waals surface area contributed by atoms with Crippen LogP contribution in [0.3, 0.4) is 0 Å². The minimum Gasteiger partial charge on any atom is -0.497 e. The van der Waals surface area contributed by atoms with E-state index in [1.165, 1.54) is 31.3 Å². The zero-order chi connectivity index (χ0) is 18.9. The van der Waals surface area contributed by atoms with E-state index in [-0.39, 0.29) is 11.9 Å². The molecule has 2 aliphatic rings. The number of rotatable bonds is 8. The number of nitrogens with zero attached hydrogens (tertiary/aromatic N) is 1. The third-order valence-corrected chi connectivity index (χ3v) is 5.39. The highest BCUT2D eigenvalue weighted by molar-refractivity contribution is 5.77. The van der Waals surface area contributed by atoms with Crippen molar-refractivity contribution in [3.63, 3.8) is 0 Å². The van der Waals surface area contributed by atoms with E-state index in [0.717, 1.165) is 37.4 Å². The highest BCUT2D eigenvalue weighted by atomic mass is 16.5. The number of morpholine rings is 1. The van der Waals surface area contributed by atoms with Crippen LogP contribution in [0.2, 0.25) is 0 Å². The number of amides is 1. The second-order valence-corrected chi connectivity index (χ2v) is 7.45. The minimum absolute atomic E-state index is 0.124. The fourth-order valence-corrected chi connectivity index (χ4v) is 3.74. The molecule has 1 atom stereocenters. The number of hydrogen-bond acceptors (Lipinski definition) is 4. The molecule has 1 aliphatic heterocycles. The van der Waals surface area contributed by atoms with Crippen molar-refractivity contribution < 1.29 is 14.3 Å². The normalized spacial score (nSPS) is 20.0. The third kappa shape index (κ3) is 6.36. The van der Waals surface area contributed by atoms with Crippen LogP contribution in [0.5, 0.6) is 5.75 Å². The number of allylic oxidation sites excluding steroid dienone is 1. The molecule has 0 bridgehead atoms. The number of carbonyl (C=O) groups excluding carboxylic acids is 1. The van der Waals surface area contributed by atoms with E-state index in [4.69, 9.17) is 9.47 Å². The number of nitrogens with one attached hydrogen (secondary N) is 1. The number of carbonyl (C=O) groups is 1. The van der Waals surface area contributed by atoms with Crippen LogP contribution in [0.15, 0.2) is 35.9 Å². The van der Waals surface area contributed by atoms with Crippen molar-refractivity contribution >= 4 is 5.91 Å². The molecule has 5 heteroatoms. The third-order valence-electron chi connectivity index (χ3n) is 5.39. The predicted octanol–water partition coefficient (Wildman–Crippen LogP) is 3.29. The Morgan fingerprint density at radius 2 is 2.15 bits per heavy atom. The molecule has 27 heavy (non-hydrogen) atoms. The molecular weight excluding hydrogens is 340 g/mol. The molecule has 1 saturated heterocycles. The van der Waals surface area contributed by atoms with Gasteiger partial charge in [-0.1, -0.05) is 23.8 Å². The molecule has 1 heterocycles. The van der Waals surface area contributed by atoms with Crippen LogP contribution in [0.4, 0.5) is 0 Å². The Morgan fingerprint density at radius 3 is 2.81 bits per heavy atom. The Balaban J connectivity index is 1.62. The maximum atomic E-state index is 13.0. The molecule has 1 fully saturated rings. The van der Waals surface area contributed by atoms with E-state index in [1.807, 2.05) is 29.2 Å². The summed E-state index contributed by atoms with van der Waals surface area (Å²) in [5.41, 5.74) is 2.64. The van der Waals surface area contributed by atoms with Gasteiger partial charge in [-0.3, -0.25) is 4.79 Å². The van der Waals surface area contributed by atoms with E-state index in [0.29, 0.717) is 19.6 Å². The molecule has 1 N–H and O–H groups in total. The zero-order valence-corrected chi connectivity index (χ0v) is 16.4. The average molecular weight is 373 g/mol. The Kier molecular flexibility index (Phi) is 7.72. The zero-order valence-electron chi connectivity index (χ0n) is 16.4. The van der Waals surface area contributed by atoms with Gasteiger partial charge in [-0.15, -0.1) is 0 Å². The quantitative estimate of drug-likeness (QED) is 0.712. The van der Waals surface area contributed by atoms with Crippen molar-refractivity contribution in [1.82, 2.24) is 10.2 Å². The molecule has 0 unspecified atom stereocenters. The van der Waals surface area contributed by atoms with Crippen molar-refractivity contribution in [3.05, 3.63) is 41.5 Å². The van der Waals surface area contributed by atoms with Gasteiger partial charge in [0.05, 0.1) is 20.3 Å². The summed E-state index contributed by atoms with van der Waals surface area (Å²) < 4.78 is 10.7. The first-order valence-corrected chi connectivity index (χ1v) is 10.1. The molecule has 3 rings (SSSR count). The Labute approximate surface area is 162 Å². The van der Waals surface area contributed by atoms with Crippen molar-refractivity contribution in [3.8, 4) is 5.75 Å². The van der Waals surface area contributed by atoms with Gasteiger partial charge in [-0.05, 0) is 49.8 Å². The lowest BCUT2D eigenvalue weighted by Crippen LogP contribution is -2.45. The predicted molar refractivity (Wildman–Crippen MR) is 107 cm³/mol. The van der Waals surface area contributed by atoms with E-state index in [1.54, 1.807) is 7.11 Å². The van der Waals surface area contributed by atoms with Gasteiger partial charge in [0.25, 0.3) is 0 Å². The largest absolute Gasteiger partial charge is 0.497 e. The van der Waals surface area contributed by atoms with Crippen molar-refractivity contribution in [2.24, 2.45) is 0 Å². The molecule has 1 aromatic rings. The molecule has 0 spiro atoms. The SMILES string of the molecule is COc1ccc(CN(CCC2=CCCCC2)C(=O)C[C@H]2COCCN2)cc1. The summed E-state index contributed by atoms with van der Waals surface area (Å²) in [6.07, 6.45) is 8.79. The van der Waals surface area contributed by atoms with Crippen molar-refractivity contribution in [2.45, 2.75) is 51.1 Å². The Hall–Kier alpha value is -1.85. The molecule has 0 aromatic heterocycles.